The van der Waals surface area contributed by atoms with E-state index in [0.29, 0.717) is 22.8 Å². The third-order valence-corrected chi connectivity index (χ3v) is 4.07. The van der Waals surface area contributed by atoms with Gasteiger partial charge in [-0.3, -0.25) is 14.5 Å². The topological polar surface area (TPSA) is 75.4 Å². The molecule has 1 atom stereocenters. The number of nitrogens with zero attached hydrogens (tertiary/aromatic N) is 1. The second-order valence-electron chi connectivity index (χ2n) is 5.65. The highest BCUT2D eigenvalue weighted by atomic mass is 35.5. The maximum atomic E-state index is 12.4. The minimum absolute atomic E-state index is 0.127. The maximum Gasteiger partial charge on any atom is 0.248 e. The van der Waals surface area contributed by atoms with E-state index in [2.05, 4.69) is 5.32 Å². The first-order valence-corrected chi connectivity index (χ1v) is 7.90. The number of anilines is 1. The number of hydrogen-bond acceptors (Lipinski definition) is 3. The molecule has 0 unspecified atom stereocenters. The summed E-state index contributed by atoms with van der Waals surface area (Å²) in [5.41, 5.74) is 7.30. The molecule has 0 saturated carbocycles. The third-order valence-electron chi connectivity index (χ3n) is 3.82. The average molecular weight is 346 g/mol. The fourth-order valence-corrected chi connectivity index (χ4v) is 2.31. The van der Waals surface area contributed by atoms with Crippen molar-refractivity contribution in [2.45, 2.75) is 19.5 Å². The van der Waals surface area contributed by atoms with Gasteiger partial charge in [0, 0.05) is 22.8 Å². The van der Waals surface area contributed by atoms with Crippen molar-refractivity contribution in [3.63, 3.8) is 0 Å². The van der Waals surface area contributed by atoms with Crippen LogP contribution in [0.5, 0.6) is 0 Å². The summed E-state index contributed by atoms with van der Waals surface area (Å²) in [6.07, 6.45) is 0. The van der Waals surface area contributed by atoms with Crippen LogP contribution in [0.3, 0.4) is 0 Å². The lowest BCUT2D eigenvalue weighted by molar-refractivity contribution is -0.120. The Hall–Kier alpha value is -2.37. The van der Waals surface area contributed by atoms with Crippen molar-refractivity contribution in [1.82, 2.24) is 4.90 Å². The molecule has 0 radical (unpaired) electrons. The Morgan fingerprint density at radius 2 is 1.71 bits per heavy atom. The number of benzene rings is 2. The number of hydrogen-bond donors (Lipinski definition) is 2. The summed E-state index contributed by atoms with van der Waals surface area (Å²) in [7, 11) is 1.88. The largest absolute Gasteiger partial charge is 0.366 e. The van der Waals surface area contributed by atoms with Gasteiger partial charge in [0.05, 0.1) is 6.04 Å². The van der Waals surface area contributed by atoms with Crippen LogP contribution in [0.4, 0.5) is 5.69 Å². The molecule has 3 N–H and O–H groups in total. The Balaban J connectivity index is 1.95. The molecule has 0 aliphatic rings. The number of primary amides is 1. The number of halogens is 1. The molecular weight excluding hydrogens is 326 g/mol. The van der Waals surface area contributed by atoms with E-state index in [0.717, 1.165) is 5.56 Å². The number of likely N-dealkylation sites (N-methyl/N-ethyl adjacent to an activating group) is 1. The zero-order valence-electron chi connectivity index (χ0n) is 13.6. The Labute approximate surface area is 146 Å². The van der Waals surface area contributed by atoms with Crippen molar-refractivity contribution in [2.75, 3.05) is 12.4 Å². The lowest BCUT2D eigenvalue weighted by Crippen LogP contribution is -2.39. The van der Waals surface area contributed by atoms with Crippen LogP contribution in [-0.4, -0.2) is 29.8 Å². The number of carbonyl (C=O) groups is 2. The second-order valence-corrected chi connectivity index (χ2v) is 6.08. The monoisotopic (exact) mass is 345 g/mol. The molecule has 5 nitrogen and oxygen atoms in total. The molecule has 0 aliphatic heterocycles. The predicted molar refractivity (Wildman–Crippen MR) is 96.0 cm³/mol. The molecule has 126 valence electrons. The molecule has 0 aliphatic carbocycles. The van der Waals surface area contributed by atoms with Crippen LogP contribution in [-0.2, 0) is 11.3 Å². The quantitative estimate of drug-likeness (QED) is 0.845. The van der Waals surface area contributed by atoms with Gasteiger partial charge in [-0.25, -0.2) is 0 Å². The van der Waals surface area contributed by atoms with Crippen molar-refractivity contribution in [2.24, 2.45) is 5.73 Å². The van der Waals surface area contributed by atoms with E-state index in [4.69, 9.17) is 17.3 Å². The van der Waals surface area contributed by atoms with Gasteiger partial charge in [0.2, 0.25) is 11.8 Å². The zero-order chi connectivity index (χ0) is 17.7. The van der Waals surface area contributed by atoms with Gasteiger partial charge in [0.15, 0.2) is 0 Å². The first-order chi connectivity index (χ1) is 11.4. The van der Waals surface area contributed by atoms with Gasteiger partial charge in [-0.15, -0.1) is 0 Å². The van der Waals surface area contributed by atoms with Gasteiger partial charge in [0.25, 0.3) is 0 Å². The van der Waals surface area contributed by atoms with Gasteiger partial charge in [0.1, 0.15) is 0 Å². The number of carbonyl (C=O) groups excluding carboxylic acids is 2. The van der Waals surface area contributed by atoms with Crippen molar-refractivity contribution in [3.8, 4) is 0 Å². The van der Waals surface area contributed by atoms with Gasteiger partial charge in [-0.1, -0.05) is 23.7 Å². The molecule has 6 heteroatoms. The Morgan fingerprint density at radius 1 is 1.12 bits per heavy atom. The lowest BCUT2D eigenvalue weighted by Gasteiger charge is -2.24. The Bertz CT molecular complexity index is 714. The molecule has 0 aromatic heterocycles. The molecule has 2 amide bonds. The minimum atomic E-state index is -0.496. The van der Waals surface area contributed by atoms with Crippen LogP contribution >= 0.6 is 11.6 Å². The van der Waals surface area contributed by atoms with Crippen molar-refractivity contribution >= 4 is 29.1 Å². The van der Waals surface area contributed by atoms with Crippen molar-refractivity contribution in [1.29, 1.82) is 0 Å². The Morgan fingerprint density at radius 3 is 2.25 bits per heavy atom. The highest BCUT2D eigenvalue weighted by Gasteiger charge is 2.18. The summed E-state index contributed by atoms with van der Waals surface area (Å²) in [4.78, 5) is 25.3. The van der Waals surface area contributed by atoms with Crippen LogP contribution in [0.2, 0.25) is 5.02 Å². The fourth-order valence-electron chi connectivity index (χ4n) is 2.18. The molecule has 2 rings (SSSR count). The van der Waals surface area contributed by atoms with Crippen LogP contribution in [0.25, 0.3) is 0 Å². The van der Waals surface area contributed by atoms with Gasteiger partial charge in [-0.2, -0.15) is 0 Å². The summed E-state index contributed by atoms with van der Waals surface area (Å²) in [5.74, 6) is -0.623. The number of rotatable bonds is 6. The summed E-state index contributed by atoms with van der Waals surface area (Å²) in [6.45, 7) is 2.47. The molecule has 2 aromatic rings. The van der Waals surface area contributed by atoms with E-state index < -0.39 is 5.91 Å². The van der Waals surface area contributed by atoms with Gasteiger partial charge in [-0.05, 0) is 55.9 Å². The van der Waals surface area contributed by atoms with E-state index in [1.165, 1.54) is 0 Å². The van der Waals surface area contributed by atoms with E-state index in [9.17, 15) is 9.59 Å². The van der Waals surface area contributed by atoms with Crippen molar-refractivity contribution in [3.05, 3.63) is 64.7 Å². The van der Waals surface area contributed by atoms with E-state index in [-0.39, 0.29) is 11.9 Å². The van der Waals surface area contributed by atoms with Crippen molar-refractivity contribution < 1.29 is 9.59 Å². The summed E-state index contributed by atoms with van der Waals surface area (Å²) < 4.78 is 0. The van der Waals surface area contributed by atoms with Crippen LogP contribution in [0.1, 0.15) is 22.8 Å². The van der Waals surface area contributed by atoms with Gasteiger partial charge < -0.3 is 11.1 Å². The Kier molecular flexibility index (Phi) is 5.95. The maximum absolute atomic E-state index is 12.4. The summed E-state index contributed by atoms with van der Waals surface area (Å²) in [5, 5.41) is 3.52. The first-order valence-electron chi connectivity index (χ1n) is 7.52. The average Bonchev–Trinajstić information content (AvgIpc) is 2.56. The standard InChI is InChI=1S/C18H20ClN3O2/c1-12(22(2)11-13-3-7-15(19)8-4-13)18(24)21-16-9-5-14(6-10-16)17(20)23/h3-10,12H,11H2,1-2H3,(H2,20,23)(H,21,24)/t12-/m1/s1. The molecular formula is C18H20ClN3O2. The molecule has 0 fully saturated rings. The molecule has 0 spiro atoms. The highest BCUT2D eigenvalue weighted by molar-refractivity contribution is 6.30. The SMILES string of the molecule is C[C@H](C(=O)Nc1ccc(C(N)=O)cc1)N(C)Cc1ccc(Cl)cc1. The second kappa shape index (κ2) is 7.95. The molecule has 0 bridgehead atoms. The normalized spacial score (nSPS) is 12.0. The number of amides is 2. The number of nitrogens with one attached hydrogen (secondary N) is 1. The zero-order valence-corrected chi connectivity index (χ0v) is 14.4. The van der Waals surface area contributed by atoms with E-state index in [1.54, 1.807) is 24.3 Å². The first kappa shape index (κ1) is 18.0. The van der Waals surface area contributed by atoms with Crippen LogP contribution in [0.15, 0.2) is 48.5 Å². The lowest BCUT2D eigenvalue weighted by atomic mass is 10.1. The predicted octanol–water partition coefficient (Wildman–Crippen LogP) is 2.90. The summed E-state index contributed by atoms with van der Waals surface area (Å²) in [6, 6.07) is 13.7. The minimum Gasteiger partial charge on any atom is -0.366 e. The van der Waals surface area contributed by atoms with E-state index in [1.807, 2.05) is 43.1 Å². The third kappa shape index (κ3) is 4.81. The molecule has 2 aromatic carbocycles. The van der Waals surface area contributed by atoms with E-state index >= 15 is 0 Å². The van der Waals surface area contributed by atoms with Gasteiger partial charge >= 0.3 is 0 Å². The van der Waals surface area contributed by atoms with Crippen LogP contribution in [0, 0.1) is 0 Å². The molecule has 0 heterocycles. The molecule has 24 heavy (non-hydrogen) atoms. The number of nitrogens with two attached hydrogens (primary N) is 1. The summed E-state index contributed by atoms with van der Waals surface area (Å²) >= 11 is 5.88. The molecule has 0 saturated heterocycles. The van der Waals surface area contributed by atoms with Crippen LogP contribution < -0.4 is 11.1 Å². The fraction of sp³-hybridized carbons (Fsp3) is 0.222. The smallest absolute Gasteiger partial charge is 0.248 e. The highest BCUT2D eigenvalue weighted by Crippen LogP contribution is 2.14.